The lowest BCUT2D eigenvalue weighted by Gasteiger charge is -2.19. The Morgan fingerprint density at radius 2 is 1.62 bits per heavy atom. The van der Waals surface area contributed by atoms with E-state index in [9.17, 15) is 19.2 Å². The molecule has 0 aromatic carbocycles. The number of esters is 2. The van der Waals surface area contributed by atoms with Crippen molar-refractivity contribution in [3.05, 3.63) is 89.9 Å². The SMILES string of the molecule is CCc1c2[nH]c(c1C)/C=C1\N/C(=C3\c4[nH]c(c(C)c4C(=O)[C@@H]3C(=O)OC)/C=c3\[nH]/c(c(C=O)c3CC)=C\2)[C@@H](CCC(=O)OCC=C(C)C)[C@@H]1C. The van der Waals surface area contributed by atoms with E-state index in [1.165, 1.54) is 7.11 Å². The van der Waals surface area contributed by atoms with Gasteiger partial charge < -0.3 is 29.7 Å². The molecule has 10 heteroatoms. The maximum atomic E-state index is 14.2. The van der Waals surface area contributed by atoms with Crippen LogP contribution in [-0.2, 0) is 31.9 Å². The van der Waals surface area contributed by atoms with Gasteiger partial charge in [-0.3, -0.25) is 19.2 Å². The summed E-state index contributed by atoms with van der Waals surface area (Å²) in [5.41, 5.74) is 11.1. The molecule has 3 aromatic rings. The maximum absolute atomic E-state index is 14.2. The van der Waals surface area contributed by atoms with Crippen LogP contribution in [-0.4, -0.2) is 52.7 Å². The second-order valence-electron chi connectivity index (χ2n) is 13.7. The van der Waals surface area contributed by atoms with Gasteiger partial charge in [0.2, 0.25) is 0 Å². The summed E-state index contributed by atoms with van der Waals surface area (Å²) in [6, 6.07) is 0. The second kappa shape index (κ2) is 13.7. The summed E-state index contributed by atoms with van der Waals surface area (Å²) in [6.45, 7) is 14.3. The van der Waals surface area contributed by atoms with Crippen LogP contribution in [0.1, 0.15) is 113 Å². The molecule has 8 bridgehead atoms. The van der Waals surface area contributed by atoms with Gasteiger partial charge in [-0.15, -0.1) is 0 Å². The van der Waals surface area contributed by atoms with E-state index in [2.05, 4.69) is 47.1 Å². The molecule has 2 aliphatic heterocycles. The van der Waals surface area contributed by atoms with Crippen molar-refractivity contribution in [2.75, 3.05) is 13.7 Å². The van der Waals surface area contributed by atoms with Crippen molar-refractivity contribution in [3.8, 4) is 0 Å². The molecule has 3 aromatic heterocycles. The number of Topliss-reactive ketones (excluding diaryl/α,β-unsaturated/α-hetero) is 1. The van der Waals surface area contributed by atoms with Gasteiger partial charge in [-0.25, -0.2) is 0 Å². The number of hydrogen-bond donors (Lipinski definition) is 4. The third kappa shape index (κ3) is 5.80. The predicted octanol–water partition coefficient (Wildman–Crippen LogP) is 5.08. The number of H-pyrrole nitrogens is 3. The quantitative estimate of drug-likeness (QED) is 0.107. The molecular weight excluding hydrogens is 632 g/mol. The lowest BCUT2D eigenvalue weighted by atomic mass is 9.85. The molecule has 4 N–H and O–H groups in total. The van der Waals surface area contributed by atoms with Gasteiger partial charge in [0.1, 0.15) is 12.5 Å². The topological polar surface area (TPSA) is 146 Å². The summed E-state index contributed by atoms with van der Waals surface area (Å²) >= 11 is 0. The zero-order valence-electron chi connectivity index (χ0n) is 30.1. The molecule has 6 rings (SSSR count). The molecule has 10 nitrogen and oxygen atoms in total. The van der Waals surface area contributed by atoms with Crippen molar-refractivity contribution in [1.29, 1.82) is 0 Å². The van der Waals surface area contributed by atoms with Crippen LogP contribution in [0.15, 0.2) is 23.0 Å². The van der Waals surface area contributed by atoms with Gasteiger partial charge in [0.15, 0.2) is 12.1 Å². The lowest BCUT2D eigenvalue weighted by Crippen LogP contribution is -2.25. The Balaban J connectivity index is 1.63. The molecule has 262 valence electrons. The number of ketones is 1. The first-order valence-corrected chi connectivity index (χ1v) is 17.4. The third-order valence-electron chi connectivity index (χ3n) is 10.6. The van der Waals surface area contributed by atoms with Crippen LogP contribution in [0.5, 0.6) is 0 Å². The average molecular weight is 679 g/mol. The zero-order valence-corrected chi connectivity index (χ0v) is 30.1. The van der Waals surface area contributed by atoms with E-state index < -0.39 is 11.9 Å². The van der Waals surface area contributed by atoms with E-state index in [0.717, 1.165) is 63.1 Å². The number of aromatic amines is 3. The zero-order chi connectivity index (χ0) is 36.0. The number of allylic oxidation sites excluding steroid dienone is 3. The second-order valence-corrected chi connectivity index (χ2v) is 13.7. The van der Waals surface area contributed by atoms with Crippen LogP contribution in [0.4, 0.5) is 0 Å². The monoisotopic (exact) mass is 678 g/mol. The summed E-state index contributed by atoms with van der Waals surface area (Å²) in [7, 11) is 1.29. The molecular formula is C40H46N4O6. The molecule has 1 saturated heterocycles. The number of ether oxygens (including phenoxy) is 2. The average Bonchev–Trinajstić information content (AvgIpc) is 3.83. The van der Waals surface area contributed by atoms with Crippen molar-refractivity contribution in [3.63, 3.8) is 0 Å². The van der Waals surface area contributed by atoms with Gasteiger partial charge in [0, 0.05) is 68.8 Å². The number of carbonyl (C=O) groups excluding carboxylic acids is 4. The minimum Gasteiger partial charge on any atom is -0.468 e. The highest BCUT2D eigenvalue weighted by atomic mass is 16.5. The first-order chi connectivity index (χ1) is 23.9. The highest BCUT2D eigenvalue weighted by Crippen LogP contribution is 2.48. The molecule has 0 unspecified atom stereocenters. The summed E-state index contributed by atoms with van der Waals surface area (Å²) in [5.74, 6) is -2.78. The molecule has 50 heavy (non-hydrogen) atoms. The normalized spacial score (nSPS) is 22.8. The number of nitrogens with one attached hydrogen (secondary N) is 4. The van der Waals surface area contributed by atoms with Gasteiger partial charge in [-0.1, -0.05) is 26.3 Å². The molecule has 1 aliphatic carbocycles. The van der Waals surface area contributed by atoms with Crippen LogP contribution in [0.25, 0.3) is 23.8 Å². The summed E-state index contributed by atoms with van der Waals surface area (Å²) in [4.78, 5) is 63.6. The number of fused-ring (bicyclic) bond motifs is 7. The van der Waals surface area contributed by atoms with E-state index in [-0.39, 0.29) is 36.6 Å². The fraction of sp³-hybridized carbons (Fsp3) is 0.400. The van der Waals surface area contributed by atoms with Crippen LogP contribution in [0.3, 0.4) is 0 Å². The van der Waals surface area contributed by atoms with Crippen LogP contribution in [0.2, 0.25) is 0 Å². The summed E-state index contributed by atoms with van der Waals surface area (Å²) < 4.78 is 10.7. The number of rotatable bonds is 9. The van der Waals surface area contributed by atoms with Crippen molar-refractivity contribution in [2.24, 2.45) is 17.8 Å². The number of carbonyl (C=O) groups is 4. The fourth-order valence-electron chi connectivity index (χ4n) is 7.82. The molecule has 0 spiro atoms. The molecule has 1 fully saturated rings. The Labute approximate surface area is 291 Å². The molecule has 0 amide bonds. The van der Waals surface area contributed by atoms with Gasteiger partial charge >= 0.3 is 11.9 Å². The predicted molar refractivity (Wildman–Crippen MR) is 193 cm³/mol. The Morgan fingerprint density at radius 1 is 0.920 bits per heavy atom. The molecule has 0 saturated carbocycles. The van der Waals surface area contributed by atoms with Crippen LogP contribution < -0.4 is 16.0 Å². The molecule has 3 atom stereocenters. The Morgan fingerprint density at radius 3 is 2.28 bits per heavy atom. The third-order valence-corrected chi connectivity index (χ3v) is 10.6. The maximum Gasteiger partial charge on any atom is 0.321 e. The number of methoxy groups -OCH3 is 1. The van der Waals surface area contributed by atoms with Crippen molar-refractivity contribution in [1.82, 2.24) is 20.3 Å². The van der Waals surface area contributed by atoms with Crippen LogP contribution >= 0.6 is 0 Å². The minimum absolute atomic E-state index is 0.0992. The molecule has 5 heterocycles. The highest BCUT2D eigenvalue weighted by Gasteiger charge is 2.48. The van der Waals surface area contributed by atoms with Crippen LogP contribution in [0, 0.1) is 31.6 Å². The minimum atomic E-state index is -1.17. The highest BCUT2D eigenvalue weighted by molar-refractivity contribution is 6.24. The van der Waals surface area contributed by atoms with E-state index in [1.54, 1.807) is 0 Å². The van der Waals surface area contributed by atoms with E-state index in [1.807, 2.05) is 45.9 Å². The van der Waals surface area contributed by atoms with E-state index in [4.69, 9.17) is 9.47 Å². The molecule has 3 aliphatic rings. The number of hydrogen-bond acceptors (Lipinski definition) is 7. The Bertz CT molecular complexity index is 2150. The number of aromatic nitrogens is 3. The number of aldehydes is 1. The summed E-state index contributed by atoms with van der Waals surface area (Å²) in [6.07, 6.45) is 10.8. The Hall–Kier alpha value is -5.12. The smallest absolute Gasteiger partial charge is 0.321 e. The standard InChI is InChI=1S/C40H46N4O6/c1-9-23-20(5)27-15-28-21(6)25(11-12-33(46)50-14-13-19(3)4)37(43-28)35-36(40(48)49-8)39(47)34-22(7)29(44-38(34)35)16-31-24(10-2)26(18-45)32(42-31)17-30(23)41-27/h13,15-18,21,25,36,41-44H,9-12,14H2,1-8H3/b28-15-,31-16-,32-17-,37-35-/t21-,25-,36+/m0/s1. The first kappa shape index (κ1) is 34.7. The van der Waals surface area contributed by atoms with E-state index in [0.29, 0.717) is 51.8 Å². The largest absolute Gasteiger partial charge is 0.468 e. The lowest BCUT2D eigenvalue weighted by molar-refractivity contribution is -0.143. The van der Waals surface area contributed by atoms with Crippen molar-refractivity contribution in [2.45, 2.75) is 74.1 Å². The summed E-state index contributed by atoms with van der Waals surface area (Å²) in [5, 5.41) is 5.11. The Kier molecular flexibility index (Phi) is 9.48. The van der Waals surface area contributed by atoms with Gasteiger partial charge in [0.25, 0.3) is 0 Å². The van der Waals surface area contributed by atoms with E-state index >= 15 is 0 Å². The van der Waals surface area contributed by atoms with Crippen molar-refractivity contribution < 1.29 is 28.7 Å². The van der Waals surface area contributed by atoms with Gasteiger partial charge in [0.05, 0.1) is 18.2 Å². The molecule has 0 radical (unpaired) electrons. The first-order valence-electron chi connectivity index (χ1n) is 17.4. The fourth-order valence-corrected chi connectivity index (χ4v) is 7.82. The van der Waals surface area contributed by atoms with Gasteiger partial charge in [-0.2, -0.15) is 0 Å². The van der Waals surface area contributed by atoms with Crippen molar-refractivity contribution >= 4 is 47.8 Å². The van der Waals surface area contributed by atoms with Gasteiger partial charge in [-0.05, 0) is 93.5 Å².